The topological polar surface area (TPSA) is 61.9 Å². The normalized spacial score (nSPS) is 17.4. The standard InChI is InChI=1S/C11H18N4O/c1-8-12-10(14-13-8)11(16)15(2)9-6-4-3-5-7-9/h9H,3-7H2,1-2H3,(H,12,13,14). The van der Waals surface area contributed by atoms with E-state index >= 15 is 0 Å². The van der Waals surface area contributed by atoms with Crippen LogP contribution in [0.25, 0.3) is 0 Å². The van der Waals surface area contributed by atoms with Crippen molar-refractivity contribution in [3.8, 4) is 0 Å². The quantitative estimate of drug-likeness (QED) is 0.825. The third-order valence-corrected chi connectivity index (χ3v) is 3.23. The summed E-state index contributed by atoms with van der Waals surface area (Å²) in [7, 11) is 1.85. The van der Waals surface area contributed by atoms with Crippen LogP contribution in [0.15, 0.2) is 0 Å². The van der Waals surface area contributed by atoms with Crippen LogP contribution in [-0.4, -0.2) is 39.1 Å². The van der Waals surface area contributed by atoms with Crippen molar-refractivity contribution in [1.82, 2.24) is 20.1 Å². The lowest BCUT2D eigenvalue weighted by molar-refractivity contribution is 0.0684. The SMILES string of the molecule is Cc1nc(C(=O)N(C)C2CCCCC2)n[nH]1. The number of hydrogen-bond acceptors (Lipinski definition) is 3. The molecule has 1 N–H and O–H groups in total. The van der Waals surface area contributed by atoms with Gasteiger partial charge in [0.05, 0.1) is 0 Å². The third-order valence-electron chi connectivity index (χ3n) is 3.23. The highest BCUT2D eigenvalue weighted by atomic mass is 16.2. The Morgan fingerprint density at radius 1 is 1.38 bits per heavy atom. The molecule has 0 saturated heterocycles. The summed E-state index contributed by atoms with van der Waals surface area (Å²) in [5.41, 5.74) is 0. The van der Waals surface area contributed by atoms with Crippen molar-refractivity contribution >= 4 is 5.91 Å². The van der Waals surface area contributed by atoms with Crippen LogP contribution in [0.4, 0.5) is 0 Å². The zero-order chi connectivity index (χ0) is 11.5. The van der Waals surface area contributed by atoms with E-state index in [1.807, 2.05) is 7.05 Å². The largest absolute Gasteiger partial charge is 0.336 e. The molecule has 1 saturated carbocycles. The zero-order valence-electron chi connectivity index (χ0n) is 9.86. The van der Waals surface area contributed by atoms with E-state index in [2.05, 4.69) is 15.2 Å². The average molecular weight is 222 g/mol. The van der Waals surface area contributed by atoms with Crippen LogP contribution in [0.5, 0.6) is 0 Å². The molecular formula is C11H18N4O. The van der Waals surface area contributed by atoms with Crippen LogP contribution in [0.2, 0.25) is 0 Å². The van der Waals surface area contributed by atoms with E-state index in [-0.39, 0.29) is 11.7 Å². The Morgan fingerprint density at radius 2 is 2.06 bits per heavy atom. The van der Waals surface area contributed by atoms with Gasteiger partial charge in [-0.1, -0.05) is 19.3 Å². The van der Waals surface area contributed by atoms with Gasteiger partial charge in [-0.3, -0.25) is 9.89 Å². The molecule has 16 heavy (non-hydrogen) atoms. The second-order valence-corrected chi connectivity index (χ2v) is 4.45. The van der Waals surface area contributed by atoms with Gasteiger partial charge in [-0.25, -0.2) is 4.98 Å². The smallest absolute Gasteiger partial charge is 0.293 e. The third kappa shape index (κ3) is 2.23. The molecule has 0 atom stereocenters. The molecular weight excluding hydrogens is 204 g/mol. The fourth-order valence-electron chi connectivity index (χ4n) is 2.23. The van der Waals surface area contributed by atoms with Gasteiger partial charge in [0.2, 0.25) is 5.82 Å². The predicted molar refractivity (Wildman–Crippen MR) is 60.1 cm³/mol. The van der Waals surface area contributed by atoms with Crippen LogP contribution >= 0.6 is 0 Å². The van der Waals surface area contributed by atoms with Gasteiger partial charge in [0.25, 0.3) is 5.91 Å². The molecule has 1 amide bonds. The Labute approximate surface area is 95.2 Å². The molecule has 0 radical (unpaired) electrons. The van der Waals surface area contributed by atoms with Crippen LogP contribution in [-0.2, 0) is 0 Å². The van der Waals surface area contributed by atoms with Gasteiger partial charge in [-0.15, -0.1) is 5.10 Å². The molecule has 1 aromatic heterocycles. The van der Waals surface area contributed by atoms with Crippen molar-refractivity contribution in [2.45, 2.75) is 45.1 Å². The summed E-state index contributed by atoms with van der Waals surface area (Å²) in [5.74, 6) is 0.891. The van der Waals surface area contributed by atoms with E-state index in [9.17, 15) is 4.79 Å². The number of carbonyl (C=O) groups is 1. The summed E-state index contributed by atoms with van der Waals surface area (Å²) in [6.45, 7) is 1.80. The molecule has 0 unspecified atom stereocenters. The van der Waals surface area contributed by atoms with Crippen molar-refractivity contribution in [2.24, 2.45) is 0 Å². The van der Waals surface area contributed by atoms with E-state index in [1.165, 1.54) is 19.3 Å². The van der Waals surface area contributed by atoms with Crippen molar-refractivity contribution < 1.29 is 4.79 Å². The number of nitrogens with zero attached hydrogens (tertiary/aromatic N) is 3. The second-order valence-electron chi connectivity index (χ2n) is 4.45. The van der Waals surface area contributed by atoms with E-state index in [1.54, 1.807) is 11.8 Å². The number of aromatic amines is 1. The van der Waals surface area contributed by atoms with Gasteiger partial charge in [0, 0.05) is 13.1 Å². The van der Waals surface area contributed by atoms with Crippen LogP contribution < -0.4 is 0 Å². The molecule has 0 spiro atoms. The van der Waals surface area contributed by atoms with E-state index in [0.717, 1.165) is 12.8 Å². The zero-order valence-corrected chi connectivity index (χ0v) is 9.86. The summed E-state index contributed by atoms with van der Waals surface area (Å²) >= 11 is 0. The summed E-state index contributed by atoms with van der Waals surface area (Å²) in [4.78, 5) is 17.9. The molecule has 5 nitrogen and oxygen atoms in total. The second kappa shape index (κ2) is 4.63. The van der Waals surface area contributed by atoms with Gasteiger partial charge < -0.3 is 4.90 Å². The summed E-state index contributed by atoms with van der Waals surface area (Å²) in [5, 5.41) is 6.60. The minimum atomic E-state index is -0.0729. The minimum absolute atomic E-state index is 0.0729. The van der Waals surface area contributed by atoms with E-state index in [4.69, 9.17) is 0 Å². The average Bonchev–Trinajstić information content (AvgIpc) is 2.75. The number of rotatable bonds is 2. The molecule has 88 valence electrons. The number of aromatic nitrogens is 3. The maximum absolute atomic E-state index is 12.0. The number of amides is 1. The molecule has 1 aliphatic rings. The molecule has 1 fully saturated rings. The van der Waals surface area contributed by atoms with Gasteiger partial charge in [-0.2, -0.15) is 0 Å². The molecule has 2 rings (SSSR count). The van der Waals surface area contributed by atoms with Crippen LogP contribution in [0.1, 0.15) is 48.5 Å². The number of aryl methyl sites for hydroxylation is 1. The van der Waals surface area contributed by atoms with Gasteiger partial charge in [-0.05, 0) is 19.8 Å². The number of nitrogens with one attached hydrogen (secondary N) is 1. The Balaban J connectivity index is 2.03. The van der Waals surface area contributed by atoms with Gasteiger partial charge >= 0.3 is 0 Å². The summed E-state index contributed by atoms with van der Waals surface area (Å²) in [6.07, 6.45) is 5.93. The molecule has 0 aromatic carbocycles. The van der Waals surface area contributed by atoms with Crippen LogP contribution in [0.3, 0.4) is 0 Å². The Kier molecular flexibility index (Phi) is 3.22. The lowest BCUT2D eigenvalue weighted by Gasteiger charge is -2.30. The van der Waals surface area contributed by atoms with E-state index in [0.29, 0.717) is 11.9 Å². The summed E-state index contributed by atoms with van der Waals surface area (Å²) in [6, 6.07) is 0.361. The fraction of sp³-hybridized carbons (Fsp3) is 0.727. The predicted octanol–water partition coefficient (Wildman–Crippen LogP) is 1.52. The number of carbonyl (C=O) groups excluding carboxylic acids is 1. The molecule has 1 aromatic rings. The molecule has 0 bridgehead atoms. The Hall–Kier alpha value is -1.39. The maximum Gasteiger partial charge on any atom is 0.293 e. The van der Waals surface area contributed by atoms with Crippen LogP contribution in [0, 0.1) is 6.92 Å². The lowest BCUT2D eigenvalue weighted by Crippen LogP contribution is -2.38. The Morgan fingerprint density at radius 3 is 2.62 bits per heavy atom. The van der Waals surface area contributed by atoms with Crippen molar-refractivity contribution in [1.29, 1.82) is 0 Å². The summed E-state index contributed by atoms with van der Waals surface area (Å²) < 4.78 is 0. The van der Waals surface area contributed by atoms with Crippen molar-refractivity contribution in [3.63, 3.8) is 0 Å². The van der Waals surface area contributed by atoms with Crippen molar-refractivity contribution in [3.05, 3.63) is 11.6 Å². The maximum atomic E-state index is 12.0. The minimum Gasteiger partial charge on any atom is -0.336 e. The number of hydrogen-bond donors (Lipinski definition) is 1. The van der Waals surface area contributed by atoms with Gasteiger partial charge in [0.15, 0.2) is 0 Å². The Bertz CT molecular complexity index is 368. The first-order valence-corrected chi connectivity index (χ1v) is 5.84. The molecule has 1 heterocycles. The first-order valence-electron chi connectivity index (χ1n) is 5.84. The van der Waals surface area contributed by atoms with E-state index < -0.39 is 0 Å². The first-order chi connectivity index (χ1) is 7.68. The molecule has 1 aliphatic carbocycles. The highest BCUT2D eigenvalue weighted by molar-refractivity contribution is 5.90. The lowest BCUT2D eigenvalue weighted by atomic mass is 9.94. The molecule has 0 aliphatic heterocycles. The monoisotopic (exact) mass is 222 g/mol. The molecule has 5 heteroatoms. The highest BCUT2D eigenvalue weighted by Gasteiger charge is 2.25. The first kappa shape index (κ1) is 11.1. The number of H-pyrrole nitrogens is 1. The highest BCUT2D eigenvalue weighted by Crippen LogP contribution is 2.22. The van der Waals surface area contributed by atoms with Gasteiger partial charge in [0.1, 0.15) is 5.82 Å². The fourth-order valence-corrected chi connectivity index (χ4v) is 2.23. The van der Waals surface area contributed by atoms with Crippen molar-refractivity contribution in [2.75, 3.05) is 7.05 Å².